The zero-order valence-electron chi connectivity index (χ0n) is 11.7. The fourth-order valence-electron chi connectivity index (χ4n) is 2.93. The molecule has 1 fully saturated rings. The van der Waals surface area contributed by atoms with Crippen molar-refractivity contribution in [2.24, 2.45) is 0 Å². The normalized spacial score (nSPS) is 24.0. The number of amides is 1. The number of sulfone groups is 1. The van der Waals surface area contributed by atoms with Crippen LogP contribution in [0, 0.1) is 0 Å². The number of rotatable bonds is 2. The predicted octanol–water partition coefficient (Wildman–Crippen LogP) is 1.14. The average Bonchev–Trinajstić information content (AvgIpc) is 2.39. The Kier molecular flexibility index (Phi) is 3.52. The standard InChI is InChI=1S/C14H19N3O3S/c15-11-7-12-9(3-4-14(18)17-12)6-13(11)16-10-2-1-5-21(19,20)8-10/h6-7,10,16H,1-5,8,15H2,(H,17,18). The molecule has 114 valence electrons. The summed E-state index contributed by atoms with van der Waals surface area (Å²) < 4.78 is 23.4. The van der Waals surface area contributed by atoms with Crippen LogP contribution in [0.25, 0.3) is 0 Å². The van der Waals surface area contributed by atoms with Crippen molar-refractivity contribution in [1.29, 1.82) is 0 Å². The molecule has 2 heterocycles. The lowest BCUT2D eigenvalue weighted by Crippen LogP contribution is -2.35. The third kappa shape index (κ3) is 3.12. The number of nitrogens with two attached hydrogens (primary N) is 1. The van der Waals surface area contributed by atoms with Crippen LogP contribution in [0.3, 0.4) is 0 Å². The second-order valence-electron chi connectivity index (χ2n) is 5.74. The first-order valence-electron chi connectivity index (χ1n) is 7.12. The number of hydrogen-bond acceptors (Lipinski definition) is 5. The van der Waals surface area contributed by atoms with E-state index in [1.54, 1.807) is 6.07 Å². The first-order valence-corrected chi connectivity index (χ1v) is 8.94. The lowest BCUT2D eigenvalue weighted by atomic mass is 10.0. The molecule has 1 aromatic rings. The second kappa shape index (κ2) is 5.22. The number of aryl methyl sites for hydroxylation is 1. The first kappa shape index (κ1) is 14.2. The highest BCUT2D eigenvalue weighted by atomic mass is 32.2. The molecule has 7 heteroatoms. The summed E-state index contributed by atoms with van der Waals surface area (Å²) in [6, 6.07) is 3.57. The van der Waals surface area contributed by atoms with Crippen LogP contribution in [0.2, 0.25) is 0 Å². The van der Waals surface area contributed by atoms with Gasteiger partial charge in [0.1, 0.15) is 0 Å². The Morgan fingerprint density at radius 3 is 2.86 bits per heavy atom. The third-order valence-electron chi connectivity index (χ3n) is 3.99. The van der Waals surface area contributed by atoms with Gasteiger partial charge in [0.2, 0.25) is 5.91 Å². The molecule has 21 heavy (non-hydrogen) atoms. The smallest absolute Gasteiger partial charge is 0.224 e. The fraction of sp³-hybridized carbons (Fsp3) is 0.500. The van der Waals surface area contributed by atoms with Gasteiger partial charge in [0.25, 0.3) is 0 Å². The molecule has 2 aliphatic heterocycles. The van der Waals surface area contributed by atoms with Crippen LogP contribution in [0.4, 0.5) is 17.1 Å². The van der Waals surface area contributed by atoms with Crippen molar-refractivity contribution in [3.8, 4) is 0 Å². The fourth-order valence-corrected chi connectivity index (χ4v) is 4.56. The molecule has 1 atom stereocenters. The van der Waals surface area contributed by atoms with Gasteiger partial charge in [-0.25, -0.2) is 8.42 Å². The molecule has 0 radical (unpaired) electrons. The van der Waals surface area contributed by atoms with Crippen LogP contribution in [-0.4, -0.2) is 31.9 Å². The lowest BCUT2D eigenvalue weighted by Gasteiger charge is -2.26. The van der Waals surface area contributed by atoms with Crippen LogP contribution in [0.1, 0.15) is 24.8 Å². The number of nitrogens with one attached hydrogen (secondary N) is 2. The Morgan fingerprint density at radius 1 is 1.29 bits per heavy atom. The minimum atomic E-state index is -2.95. The van der Waals surface area contributed by atoms with E-state index in [-0.39, 0.29) is 23.5 Å². The van der Waals surface area contributed by atoms with Crippen molar-refractivity contribution in [3.05, 3.63) is 17.7 Å². The van der Waals surface area contributed by atoms with E-state index >= 15 is 0 Å². The Labute approximate surface area is 124 Å². The molecule has 4 N–H and O–H groups in total. The van der Waals surface area contributed by atoms with E-state index in [0.717, 1.165) is 23.4 Å². The number of carbonyl (C=O) groups is 1. The van der Waals surface area contributed by atoms with Crippen molar-refractivity contribution >= 4 is 32.8 Å². The molecule has 0 aliphatic carbocycles. The van der Waals surface area contributed by atoms with Gasteiger partial charge in [0.15, 0.2) is 9.84 Å². The summed E-state index contributed by atoms with van der Waals surface area (Å²) in [5.41, 5.74) is 9.08. The minimum absolute atomic E-state index is 0.000910. The molecule has 0 spiro atoms. The maximum atomic E-state index is 11.7. The van der Waals surface area contributed by atoms with Crippen molar-refractivity contribution < 1.29 is 13.2 Å². The summed E-state index contributed by atoms with van der Waals surface area (Å²) in [6.07, 6.45) is 2.65. The van der Waals surface area contributed by atoms with E-state index in [2.05, 4.69) is 10.6 Å². The van der Waals surface area contributed by atoms with Crippen LogP contribution in [0.5, 0.6) is 0 Å². The van der Waals surface area contributed by atoms with Gasteiger partial charge in [0.05, 0.1) is 22.9 Å². The van der Waals surface area contributed by atoms with Crippen molar-refractivity contribution in [1.82, 2.24) is 0 Å². The summed E-state index contributed by atoms with van der Waals surface area (Å²) in [5, 5.41) is 6.05. The van der Waals surface area contributed by atoms with E-state index in [0.29, 0.717) is 24.9 Å². The molecule has 0 bridgehead atoms. The molecule has 6 nitrogen and oxygen atoms in total. The van der Waals surface area contributed by atoms with E-state index in [1.165, 1.54) is 0 Å². The number of nitrogen functional groups attached to an aromatic ring is 1. The van der Waals surface area contributed by atoms with E-state index < -0.39 is 9.84 Å². The van der Waals surface area contributed by atoms with Gasteiger partial charge < -0.3 is 16.4 Å². The van der Waals surface area contributed by atoms with Crippen LogP contribution in [-0.2, 0) is 21.1 Å². The highest BCUT2D eigenvalue weighted by Crippen LogP contribution is 2.32. The molecular weight excluding hydrogens is 290 g/mol. The summed E-state index contributed by atoms with van der Waals surface area (Å²) in [6.45, 7) is 0. The quantitative estimate of drug-likeness (QED) is 0.711. The highest BCUT2D eigenvalue weighted by Gasteiger charge is 2.25. The lowest BCUT2D eigenvalue weighted by molar-refractivity contribution is -0.116. The van der Waals surface area contributed by atoms with E-state index in [1.807, 2.05) is 6.07 Å². The molecule has 0 aromatic heterocycles. The van der Waals surface area contributed by atoms with Gasteiger partial charge >= 0.3 is 0 Å². The number of anilines is 3. The largest absolute Gasteiger partial charge is 0.397 e. The number of benzene rings is 1. The topological polar surface area (TPSA) is 101 Å². The molecule has 1 amide bonds. The summed E-state index contributed by atoms with van der Waals surface area (Å²) in [7, 11) is -2.95. The van der Waals surface area contributed by atoms with Crippen molar-refractivity contribution in [2.45, 2.75) is 31.7 Å². The number of carbonyl (C=O) groups excluding carboxylic acids is 1. The van der Waals surface area contributed by atoms with Crippen LogP contribution in [0.15, 0.2) is 12.1 Å². The number of hydrogen-bond donors (Lipinski definition) is 3. The maximum absolute atomic E-state index is 11.7. The zero-order valence-corrected chi connectivity index (χ0v) is 12.5. The third-order valence-corrected chi connectivity index (χ3v) is 5.81. The summed E-state index contributed by atoms with van der Waals surface area (Å²) in [5.74, 6) is 0.429. The first-order chi connectivity index (χ1) is 9.93. The average molecular weight is 309 g/mol. The van der Waals surface area contributed by atoms with E-state index in [9.17, 15) is 13.2 Å². The van der Waals surface area contributed by atoms with Gasteiger partial charge in [-0.05, 0) is 37.0 Å². The monoisotopic (exact) mass is 309 g/mol. The van der Waals surface area contributed by atoms with Gasteiger partial charge in [0, 0.05) is 18.2 Å². The predicted molar refractivity (Wildman–Crippen MR) is 83.1 cm³/mol. The van der Waals surface area contributed by atoms with Gasteiger partial charge in [-0.15, -0.1) is 0 Å². The van der Waals surface area contributed by atoms with Gasteiger partial charge in [-0.2, -0.15) is 0 Å². The minimum Gasteiger partial charge on any atom is -0.397 e. The highest BCUT2D eigenvalue weighted by molar-refractivity contribution is 7.91. The molecule has 2 aliphatic rings. The number of fused-ring (bicyclic) bond motifs is 1. The van der Waals surface area contributed by atoms with Crippen LogP contribution < -0.4 is 16.4 Å². The van der Waals surface area contributed by atoms with Crippen molar-refractivity contribution in [3.63, 3.8) is 0 Å². The molecule has 1 aromatic carbocycles. The molecule has 1 unspecified atom stereocenters. The molecule has 3 rings (SSSR count). The molecule has 0 saturated carbocycles. The Bertz CT molecular complexity index is 685. The second-order valence-corrected chi connectivity index (χ2v) is 7.97. The Hall–Kier alpha value is -1.76. The van der Waals surface area contributed by atoms with E-state index in [4.69, 9.17) is 5.73 Å². The zero-order chi connectivity index (χ0) is 15.0. The summed E-state index contributed by atoms with van der Waals surface area (Å²) >= 11 is 0. The molecular formula is C14H19N3O3S. The van der Waals surface area contributed by atoms with Crippen molar-refractivity contribution in [2.75, 3.05) is 27.9 Å². The maximum Gasteiger partial charge on any atom is 0.224 e. The summed E-state index contributed by atoms with van der Waals surface area (Å²) in [4.78, 5) is 11.4. The van der Waals surface area contributed by atoms with Crippen LogP contribution >= 0.6 is 0 Å². The van der Waals surface area contributed by atoms with Gasteiger partial charge in [-0.1, -0.05) is 0 Å². The molecule has 1 saturated heterocycles. The van der Waals surface area contributed by atoms with Gasteiger partial charge in [-0.3, -0.25) is 4.79 Å². The SMILES string of the molecule is Nc1cc2c(cc1NC1CCCS(=O)(=O)C1)CCC(=O)N2. The Morgan fingerprint density at radius 2 is 2.10 bits per heavy atom. The Balaban J connectivity index is 1.81.